The second kappa shape index (κ2) is 5.38. The van der Waals surface area contributed by atoms with Gasteiger partial charge in [-0.05, 0) is 18.9 Å². The van der Waals surface area contributed by atoms with Crippen molar-refractivity contribution >= 4 is 11.7 Å². The first kappa shape index (κ1) is 13.1. The molecule has 94 valence electrons. The number of nitrogens with two attached hydrogens (primary N) is 1. The largest absolute Gasteiger partial charge is 0.459 e. The van der Waals surface area contributed by atoms with Crippen LogP contribution in [0, 0.1) is 12.8 Å². The molecule has 6 heteroatoms. The van der Waals surface area contributed by atoms with Crippen LogP contribution in [0.25, 0.3) is 0 Å². The number of nitrogens with one attached hydrogen (secondary N) is 1. The van der Waals surface area contributed by atoms with Gasteiger partial charge in [0.15, 0.2) is 11.6 Å². The van der Waals surface area contributed by atoms with Gasteiger partial charge >= 0.3 is 0 Å². The third-order valence-corrected chi connectivity index (χ3v) is 2.46. The van der Waals surface area contributed by atoms with Crippen molar-refractivity contribution in [2.24, 2.45) is 16.8 Å². The van der Waals surface area contributed by atoms with Gasteiger partial charge in [-0.15, -0.1) is 0 Å². The number of carbonyl (C=O) groups is 1. The molecule has 1 aromatic rings. The summed E-state index contributed by atoms with van der Waals surface area (Å²) in [6.07, 6.45) is 1.44. The molecule has 0 saturated heterocycles. The summed E-state index contributed by atoms with van der Waals surface area (Å²) in [5.74, 6) is -0.165. The first-order chi connectivity index (χ1) is 7.97. The molecule has 0 aliphatic heterocycles. The standard InChI is InChI=1S/C11H17N3O3/c1-6(2)8(10(12)14-16)13-11(15)9-7(3)4-5-17-9/h4-6,8,16H,1-3H3,(H2,12,14)(H,13,15). The number of hydrogen-bond acceptors (Lipinski definition) is 4. The van der Waals surface area contributed by atoms with Crippen molar-refractivity contribution in [1.82, 2.24) is 5.32 Å². The van der Waals surface area contributed by atoms with Crippen LogP contribution in [0.4, 0.5) is 0 Å². The number of amides is 1. The Hall–Kier alpha value is -1.98. The van der Waals surface area contributed by atoms with Crippen molar-refractivity contribution in [3.8, 4) is 0 Å². The maximum absolute atomic E-state index is 11.9. The molecule has 0 fully saturated rings. The molecule has 4 N–H and O–H groups in total. The molecule has 0 radical (unpaired) electrons. The molecule has 1 unspecified atom stereocenters. The summed E-state index contributed by atoms with van der Waals surface area (Å²) in [5.41, 5.74) is 6.25. The Morgan fingerprint density at radius 2 is 2.24 bits per heavy atom. The molecular formula is C11H17N3O3. The van der Waals surface area contributed by atoms with Crippen LogP contribution in [-0.2, 0) is 0 Å². The van der Waals surface area contributed by atoms with E-state index in [4.69, 9.17) is 15.4 Å². The predicted octanol–water partition coefficient (Wildman–Crippen LogP) is 1.09. The van der Waals surface area contributed by atoms with Crippen molar-refractivity contribution in [2.75, 3.05) is 0 Å². The van der Waals surface area contributed by atoms with E-state index in [0.29, 0.717) is 0 Å². The molecule has 0 aliphatic carbocycles. The third-order valence-electron chi connectivity index (χ3n) is 2.46. The summed E-state index contributed by atoms with van der Waals surface area (Å²) in [6.45, 7) is 5.49. The van der Waals surface area contributed by atoms with Crippen LogP contribution < -0.4 is 11.1 Å². The average molecular weight is 239 g/mol. The van der Waals surface area contributed by atoms with Gasteiger partial charge in [0.05, 0.1) is 12.3 Å². The average Bonchev–Trinajstić information content (AvgIpc) is 2.70. The maximum Gasteiger partial charge on any atom is 0.287 e. The normalized spacial score (nSPS) is 13.8. The van der Waals surface area contributed by atoms with E-state index in [0.717, 1.165) is 5.56 Å². The zero-order valence-corrected chi connectivity index (χ0v) is 10.1. The number of carbonyl (C=O) groups excluding carboxylic acids is 1. The second-order valence-corrected chi connectivity index (χ2v) is 4.15. The number of oxime groups is 1. The lowest BCUT2D eigenvalue weighted by atomic mass is 10.0. The monoisotopic (exact) mass is 239 g/mol. The van der Waals surface area contributed by atoms with Crippen LogP contribution >= 0.6 is 0 Å². The predicted molar refractivity (Wildman–Crippen MR) is 62.9 cm³/mol. The summed E-state index contributed by atoms with van der Waals surface area (Å²) >= 11 is 0. The summed E-state index contributed by atoms with van der Waals surface area (Å²) in [7, 11) is 0. The quantitative estimate of drug-likeness (QED) is 0.317. The second-order valence-electron chi connectivity index (χ2n) is 4.15. The van der Waals surface area contributed by atoms with Crippen LogP contribution in [0.1, 0.15) is 30.0 Å². The highest BCUT2D eigenvalue weighted by Gasteiger charge is 2.23. The number of amidine groups is 1. The van der Waals surface area contributed by atoms with Crippen LogP contribution in [0.2, 0.25) is 0 Å². The Labute approximate surface area is 99.5 Å². The molecule has 0 spiro atoms. The van der Waals surface area contributed by atoms with Gasteiger partial charge in [-0.25, -0.2) is 0 Å². The number of nitrogens with zero attached hydrogens (tertiary/aromatic N) is 1. The van der Waals surface area contributed by atoms with Gasteiger partial charge in [0, 0.05) is 5.56 Å². The zero-order chi connectivity index (χ0) is 13.0. The van der Waals surface area contributed by atoms with E-state index in [9.17, 15) is 4.79 Å². The fourth-order valence-electron chi connectivity index (χ4n) is 1.46. The lowest BCUT2D eigenvalue weighted by Crippen LogP contribution is -2.47. The third kappa shape index (κ3) is 2.99. The molecule has 17 heavy (non-hydrogen) atoms. The van der Waals surface area contributed by atoms with E-state index in [1.165, 1.54) is 6.26 Å². The molecule has 1 rings (SSSR count). The topological polar surface area (TPSA) is 101 Å². The molecule has 0 saturated carbocycles. The summed E-state index contributed by atoms with van der Waals surface area (Å²) < 4.78 is 5.06. The number of aryl methyl sites for hydroxylation is 1. The van der Waals surface area contributed by atoms with Gasteiger partial charge in [0.25, 0.3) is 5.91 Å². The van der Waals surface area contributed by atoms with Crippen molar-refractivity contribution in [3.05, 3.63) is 23.7 Å². The lowest BCUT2D eigenvalue weighted by molar-refractivity contribution is 0.0910. The number of hydrogen-bond donors (Lipinski definition) is 3. The van der Waals surface area contributed by atoms with Crippen molar-refractivity contribution in [3.63, 3.8) is 0 Å². The van der Waals surface area contributed by atoms with Gasteiger partial charge < -0.3 is 20.7 Å². The number of furan rings is 1. The molecular weight excluding hydrogens is 222 g/mol. The Kier molecular flexibility index (Phi) is 4.14. The Morgan fingerprint density at radius 1 is 1.59 bits per heavy atom. The first-order valence-electron chi connectivity index (χ1n) is 5.29. The molecule has 1 amide bonds. The van der Waals surface area contributed by atoms with Crippen molar-refractivity contribution in [1.29, 1.82) is 0 Å². The minimum absolute atomic E-state index is 0.00474. The van der Waals surface area contributed by atoms with Gasteiger partial charge in [0.2, 0.25) is 0 Å². The molecule has 1 heterocycles. The molecule has 0 aliphatic rings. The minimum Gasteiger partial charge on any atom is -0.459 e. The highest BCUT2D eigenvalue weighted by atomic mass is 16.4. The lowest BCUT2D eigenvalue weighted by Gasteiger charge is -2.20. The Bertz CT molecular complexity index is 423. The number of rotatable bonds is 4. The molecule has 0 aromatic carbocycles. The maximum atomic E-state index is 11.9. The van der Waals surface area contributed by atoms with E-state index >= 15 is 0 Å². The van der Waals surface area contributed by atoms with Gasteiger partial charge in [-0.1, -0.05) is 19.0 Å². The van der Waals surface area contributed by atoms with Crippen LogP contribution in [0.5, 0.6) is 0 Å². The summed E-state index contributed by atoms with van der Waals surface area (Å²) in [5, 5.41) is 14.2. The fourth-order valence-corrected chi connectivity index (χ4v) is 1.46. The molecule has 1 aromatic heterocycles. The van der Waals surface area contributed by atoms with E-state index in [2.05, 4.69) is 10.5 Å². The van der Waals surface area contributed by atoms with Crippen LogP contribution in [-0.4, -0.2) is 23.0 Å². The van der Waals surface area contributed by atoms with Gasteiger partial charge in [-0.2, -0.15) is 0 Å². The first-order valence-corrected chi connectivity index (χ1v) is 5.29. The van der Waals surface area contributed by atoms with Crippen LogP contribution in [0.15, 0.2) is 21.9 Å². The van der Waals surface area contributed by atoms with Crippen molar-refractivity contribution < 1.29 is 14.4 Å². The highest BCUT2D eigenvalue weighted by molar-refractivity contribution is 5.97. The molecule has 0 bridgehead atoms. The molecule has 1 atom stereocenters. The smallest absolute Gasteiger partial charge is 0.287 e. The molecule has 6 nitrogen and oxygen atoms in total. The van der Waals surface area contributed by atoms with Crippen LogP contribution in [0.3, 0.4) is 0 Å². The Balaban J connectivity index is 2.82. The fraction of sp³-hybridized carbons (Fsp3) is 0.455. The minimum atomic E-state index is -0.531. The Morgan fingerprint density at radius 3 is 2.65 bits per heavy atom. The summed E-state index contributed by atoms with van der Waals surface area (Å²) in [4.78, 5) is 11.9. The SMILES string of the molecule is Cc1ccoc1C(=O)NC(C(N)=NO)C(C)C. The summed E-state index contributed by atoms with van der Waals surface area (Å²) in [6, 6.07) is 1.17. The van der Waals surface area contributed by atoms with Gasteiger partial charge in [-0.3, -0.25) is 4.79 Å². The zero-order valence-electron chi connectivity index (χ0n) is 10.1. The van der Waals surface area contributed by atoms with Gasteiger partial charge in [0.1, 0.15) is 0 Å². The van der Waals surface area contributed by atoms with Crippen molar-refractivity contribution in [2.45, 2.75) is 26.8 Å². The van der Waals surface area contributed by atoms with E-state index in [1.54, 1.807) is 13.0 Å². The van der Waals surface area contributed by atoms with E-state index in [1.807, 2.05) is 13.8 Å². The van der Waals surface area contributed by atoms with E-state index in [-0.39, 0.29) is 23.4 Å². The van der Waals surface area contributed by atoms with E-state index < -0.39 is 6.04 Å². The highest BCUT2D eigenvalue weighted by Crippen LogP contribution is 2.10.